The highest BCUT2D eigenvalue weighted by Gasteiger charge is 2.26. The van der Waals surface area contributed by atoms with Crippen molar-refractivity contribution in [2.24, 2.45) is 5.92 Å². The van der Waals surface area contributed by atoms with Gasteiger partial charge in [-0.05, 0) is 62.2 Å². The van der Waals surface area contributed by atoms with Crippen LogP contribution in [0.15, 0.2) is 42.5 Å². The molecule has 0 aromatic heterocycles. The number of rotatable bonds is 5. The first-order valence-corrected chi connectivity index (χ1v) is 10.6. The zero-order valence-corrected chi connectivity index (χ0v) is 17.5. The second-order valence-corrected chi connectivity index (χ2v) is 8.18. The summed E-state index contributed by atoms with van der Waals surface area (Å²) >= 11 is 6.27. The minimum Gasteiger partial charge on any atom is -0.486 e. The third-order valence-electron chi connectivity index (χ3n) is 5.74. The van der Waals surface area contributed by atoms with Crippen molar-refractivity contribution < 1.29 is 14.3 Å². The third kappa shape index (κ3) is 4.85. The fourth-order valence-corrected chi connectivity index (χ4v) is 4.16. The second-order valence-electron chi connectivity index (χ2n) is 7.78. The van der Waals surface area contributed by atoms with Gasteiger partial charge in [-0.25, -0.2) is 0 Å². The highest BCUT2D eigenvalue weighted by molar-refractivity contribution is 6.31. The van der Waals surface area contributed by atoms with Crippen molar-refractivity contribution in [2.45, 2.75) is 32.4 Å². The van der Waals surface area contributed by atoms with Crippen LogP contribution in [0.5, 0.6) is 11.5 Å². The lowest BCUT2D eigenvalue weighted by molar-refractivity contribution is -0.127. The van der Waals surface area contributed by atoms with Crippen molar-refractivity contribution in [1.29, 1.82) is 0 Å². The number of ether oxygens (including phenoxy) is 2. The summed E-state index contributed by atoms with van der Waals surface area (Å²) in [6, 6.07) is 13.8. The van der Waals surface area contributed by atoms with Gasteiger partial charge in [0, 0.05) is 17.5 Å². The summed E-state index contributed by atoms with van der Waals surface area (Å²) in [5.74, 6) is 1.70. The van der Waals surface area contributed by atoms with E-state index in [9.17, 15) is 4.79 Å². The average Bonchev–Trinajstić information content (AvgIpc) is 2.75. The van der Waals surface area contributed by atoms with Gasteiger partial charge in [-0.15, -0.1) is 0 Å². The number of likely N-dealkylation sites (tertiary alicyclic amines) is 1. The van der Waals surface area contributed by atoms with E-state index in [1.165, 1.54) is 0 Å². The molecule has 2 aliphatic rings. The molecule has 1 fully saturated rings. The van der Waals surface area contributed by atoms with E-state index in [-0.39, 0.29) is 17.9 Å². The normalized spacial score (nSPS) is 18.3. The molecule has 2 aliphatic heterocycles. The van der Waals surface area contributed by atoms with E-state index in [0.29, 0.717) is 13.2 Å². The number of hydrogen-bond donors (Lipinski definition) is 1. The molecule has 1 atom stereocenters. The van der Waals surface area contributed by atoms with Crippen LogP contribution in [-0.2, 0) is 11.3 Å². The molecule has 5 nitrogen and oxygen atoms in total. The molecule has 154 valence electrons. The molecule has 2 heterocycles. The molecule has 1 saturated heterocycles. The van der Waals surface area contributed by atoms with Crippen LogP contribution in [0.3, 0.4) is 0 Å². The Morgan fingerprint density at radius 1 is 1.14 bits per heavy atom. The van der Waals surface area contributed by atoms with Crippen LogP contribution in [0.2, 0.25) is 5.02 Å². The number of benzene rings is 2. The molecule has 4 rings (SSSR count). The minimum atomic E-state index is -0.0699. The summed E-state index contributed by atoms with van der Waals surface area (Å²) in [5, 5.41) is 3.98. The monoisotopic (exact) mass is 414 g/mol. The van der Waals surface area contributed by atoms with Crippen LogP contribution in [0.1, 0.15) is 36.9 Å². The number of fused-ring (bicyclic) bond motifs is 1. The minimum absolute atomic E-state index is 0.0529. The predicted molar refractivity (Wildman–Crippen MR) is 113 cm³/mol. The third-order valence-corrected chi connectivity index (χ3v) is 6.10. The van der Waals surface area contributed by atoms with Crippen molar-refractivity contribution in [2.75, 3.05) is 26.3 Å². The first-order chi connectivity index (χ1) is 14.1. The molecule has 0 radical (unpaired) electrons. The number of carbonyl (C=O) groups excluding carboxylic acids is 1. The van der Waals surface area contributed by atoms with Gasteiger partial charge in [0.25, 0.3) is 0 Å². The predicted octanol–water partition coefficient (Wildman–Crippen LogP) is 4.20. The molecule has 0 spiro atoms. The van der Waals surface area contributed by atoms with Gasteiger partial charge in [0.05, 0.1) is 6.04 Å². The quantitative estimate of drug-likeness (QED) is 0.796. The molecule has 1 unspecified atom stereocenters. The van der Waals surface area contributed by atoms with Gasteiger partial charge < -0.3 is 14.8 Å². The molecule has 2 aromatic carbocycles. The first-order valence-electron chi connectivity index (χ1n) is 10.3. The van der Waals surface area contributed by atoms with Gasteiger partial charge in [0.15, 0.2) is 11.5 Å². The molecule has 6 heteroatoms. The molecule has 1 N–H and O–H groups in total. The summed E-state index contributed by atoms with van der Waals surface area (Å²) in [5.41, 5.74) is 2.17. The fraction of sp³-hybridized carbons (Fsp3) is 0.435. The zero-order chi connectivity index (χ0) is 20.2. The van der Waals surface area contributed by atoms with Crippen LogP contribution in [0, 0.1) is 5.92 Å². The molecule has 29 heavy (non-hydrogen) atoms. The Morgan fingerprint density at radius 2 is 1.86 bits per heavy atom. The van der Waals surface area contributed by atoms with Crippen molar-refractivity contribution in [1.82, 2.24) is 10.2 Å². The van der Waals surface area contributed by atoms with E-state index in [0.717, 1.165) is 60.1 Å². The van der Waals surface area contributed by atoms with Gasteiger partial charge in [-0.1, -0.05) is 35.9 Å². The van der Waals surface area contributed by atoms with E-state index >= 15 is 0 Å². The lowest BCUT2D eigenvalue weighted by Gasteiger charge is -2.32. The highest BCUT2D eigenvalue weighted by atomic mass is 35.5. The maximum absolute atomic E-state index is 12.8. The highest BCUT2D eigenvalue weighted by Crippen LogP contribution is 2.33. The molecule has 2 aromatic rings. The number of nitrogens with one attached hydrogen (secondary N) is 1. The zero-order valence-electron chi connectivity index (χ0n) is 16.7. The Balaban J connectivity index is 1.29. The lowest BCUT2D eigenvalue weighted by atomic mass is 9.94. The smallest absolute Gasteiger partial charge is 0.223 e. The number of carbonyl (C=O) groups is 1. The fourth-order valence-electron chi connectivity index (χ4n) is 3.96. The van der Waals surface area contributed by atoms with E-state index in [1.807, 2.05) is 43.3 Å². The van der Waals surface area contributed by atoms with E-state index in [2.05, 4.69) is 16.3 Å². The summed E-state index contributed by atoms with van der Waals surface area (Å²) in [4.78, 5) is 15.2. The van der Waals surface area contributed by atoms with Gasteiger partial charge in [-0.2, -0.15) is 0 Å². The summed E-state index contributed by atoms with van der Waals surface area (Å²) in [7, 11) is 0. The van der Waals surface area contributed by atoms with Crippen molar-refractivity contribution in [3.05, 3.63) is 58.6 Å². The molecule has 0 saturated carbocycles. The van der Waals surface area contributed by atoms with E-state index in [1.54, 1.807) is 0 Å². The second kappa shape index (κ2) is 9.06. The maximum atomic E-state index is 12.8. The lowest BCUT2D eigenvalue weighted by Crippen LogP contribution is -2.40. The van der Waals surface area contributed by atoms with Crippen LogP contribution in [0.4, 0.5) is 0 Å². The first kappa shape index (κ1) is 20.0. The van der Waals surface area contributed by atoms with E-state index < -0.39 is 0 Å². The topological polar surface area (TPSA) is 50.8 Å². The van der Waals surface area contributed by atoms with Crippen molar-refractivity contribution >= 4 is 17.5 Å². The van der Waals surface area contributed by atoms with Gasteiger partial charge in [0.1, 0.15) is 13.2 Å². The summed E-state index contributed by atoms with van der Waals surface area (Å²) in [6.45, 7) is 5.79. The van der Waals surface area contributed by atoms with Crippen molar-refractivity contribution in [3.63, 3.8) is 0 Å². The number of hydrogen-bond acceptors (Lipinski definition) is 4. The number of piperidine rings is 1. The number of nitrogens with zero attached hydrogens (tertiary/aromatic N) is 1. The largest absolute Gasteiger partial charge is 0.486 e. The van der Waals surface area contributed by atoms with Gasteiger partial charge in [0.2, 0.25) is 5.91 Å². The molecule has 0 aliphatic carbocycles. The van der Waals surface area contributed by atoms with Gasteiger partial charge >= 0.3 is 0 Å². The Hall–Kier alpha value is -2.24. The van der Waals surface area contributed by atoms with Gasteiger partial charge in [-0.3, -0.25) is 9.69 Å². The Bertz CT molecular complexity index is 865. The summed E-state index contributed by atoms with van der Waals surface area (Å²) < 4.78 is 11.2. The molecular formula is C23H27ClN2O3. The average molecular weight is 415 g/mol. The number of amides is 1. The number of halogens is 1. The Labute approximate surface area is 176 Å². The standard InChI is InChI=1S/C23H27ClN2O3/c1-16(18-6-7-21-22(14-18)29-13-12-28-21)25-23(27)17-8-10-26(11-9-17)15-19-4-2-3-5-20(19)24/h2-7,14,16-17H,8-13,15H2,1H3,(H,25,27). The Morgan fingerprint density at radius 3 is 2.62 bits per heavy atom. The van der Waals surface area contributed by atoms with Crippen LogP contribution >= 0.6 is 11.6 Å². The van der Waals surface area contributed by atoms with Crippen LogP contribution in [-0.4, -0.2) is 37.1 Å². The van der Waals surface area contributed by atoms with Crippen molar-refractivity contribution in [3.8, 4) is 11.5 Å². The summed E-state index contributed by atoms with van der Waals surface area (Å²) in [6.07, 6.45) is 1.73. The van der Waals surface area contributed by atoms with Crippen LogP contribution in [0.25, 0.3) is 0 Å². The van der Waals surface area contributed by atoms with Crippen LogP contribution < -0.4 is 14.8 Å². The molecule has 0 bridgehead atoms. The molecule has 1 amide bonds. The Kier molecular flexibility index (Phi) is 6.26. The molecular weight excluding hydrogens is 388 g/mol. The SMILES string of the molecule is CC(NC(=O)C1CCN(Cc2ccccc2Cl)CC1)c1ccc2c(c1)OCCO2. The van der Waals surface area contributed by atoms with E-state index in [4.69, 9.17) is 21.1 Å². The maximum Gasteiger partial charge on any atom is 0.223 e.